The van der Waals surface area contributed by atoms with E-state index in [1.807, 2.05) is 53.6 Å². The van der Waals surface area contributed by atoms with E-state index < -0.39 is 0 Å². The number of ether oxygens (including phenoxy) is 1. The molecule has 0 radical (unpaired) electrons. The molecule has 30 heavy (non-hydrogen) atoms. The van der Waals surface area contributed by atoms with Gasteiger partial charge >= 0.3 is 0 Å². The third-order valence-corrected chi connectivity index (χ3v) is 6.21. The van der Waals surface area contributed by atoms with Crippen molar-refractivity contribution in [1.82, 2.24) is 9.80 Å². The number of hydrogen-bond acceptors (Lipinski definition) is 4. The van der Waals surface area contributed by atoms with E-state index in [2.05, 4.69) is 4.90 Å². The molecule has 4 nitrogen and oxygen atoms in total. The highest BCUT2D eigenvalue weighted by Gasteiger charge is 2.23. The summed E-state index contributed by atoms with van der Waals surface area (Å²) in [7, 11) is 0. The zero-order valence-electron chi connectivity index (χ0n) is 17.0. The first kappa shape index (κ1) is 20.6. The van der Waals surface area contributed by atoms with Gasteiger partial charge in [-0.2, -0.15) is 0 Å². The van der Waals surface area contributed by atoms with Gasteiger partial charge in [0.1, 0.15) is 18.2 Å². The lowest BCUT2D eigenvalue weighted by Gasteiger charge is -2.34. The van der Waals surface area contributed by atoms with Crippen LogP contribution < -0.4 is 4.74 Å². The number of halogens is 1. The van der Waals surface area contributed by atoms with Crippen LogP contribution in [0, 0.1) is 12.7 Å². The summed E-state index contributed by atoms with van der Waals surface area (Å²) in [6.07, 6.45) is 0. The summed E-state index contributed by atoms with van der Waals surface area (Å²) in [5.41, 5.74) is 3.17. The fourth-order valence-corrected chi connectivity index (χ4v) is 4.39. The molecule has 1 fully saturated rings. The molecule has 1 aromatic heterocycles. The Bertz CT molecular complexity index is 994. The molecule has 0 spiro atoms. The van der Waals surface area contributed by atoms with E-state index in [1.54, 1.807) is 12.1 Å². The smallest absolute Gasteiger partial charge is 0.264 e. The molecule has 0 aliphatic carbocycles. The second kappa shape index (κ2) is 9.41. The molecule has 2 heterocycles. The number of carbonyl (C=O) groups excluding carboxylic acids is 1. The Balaban J connectivity index is 1.27. The predicted molar refractivity (Wildman–Crippen MR) is 117 cm³/mol. The number of thiophene rings is 1. The van der Waals surface area contributed by atoms with Gasteiger partial charge in [0.25, 0.3) is 5.91 Å². The number of nitrogens with zero attached hydrogens (tertiary/aromatic N) is 2. The Hall–Kier alpha value is -2.70. The van der Waals surface area contributed by atoms with Crippen LogP contribution in [0.3, 0.4) is 0 Å². The summed E-state index contributed by atoms with van der Waals surface area (Å²) in [5.74, 6) is 0.697. The van der Waals surface area contributed by atoms with Crippen molar-refractivity contribution in [2.45, 2.75) is 20.1 Å². The summed E-state index contributed by atoms with van der Waals surface area (Å²) in [6, 6.07) is 16.6. The molecule has 2 aromatic carbocycles. The summed E-state index contributed by atoms with van der Waals surface area (Å²) < 4.78 is 19.2. The summed E-state index contributed by atoms with van der Waals surface area (Å²) in [5, 5.41) is 1.99. The maximum absolute atomic E-state index is 13.4. The average Bonchev–Trinajstić information content (AvgIpc) is 3.22. The first-order valence-corrected chi connectivity index (χ1v) is 11.0. The molecule has 156 valence electrons. The van der Waals surface area contributed by atoms with Crippen LogP contribution >= 0.6 is 11.3 Å². The quantitative estimate of drug-likeness (QED) is 0.573. The van der Waals surface area contributed by atoms with Gasteiger partial charge in [0.15, 0.2) is 0 Å². The summed E-state index contributed by atoms with van der Waals surface area (Å²) >= 11 is 1.47. The van der Waals surface area contributed by atoms with Crippen molar-refractivity contribution in [3.8, 4) is 5.75 Å². The number of benzene rings is 2. The van der Waals surface area contributed by atoms with E-state index in [-0.39, 0.29) is 11.7 Å². The van der Waals surface area contributed by atoms with Crippen LogP contribution in [0.5, 0.6) is 5.75 Å². The standard InChI is InChI=1S/C24H25FN2O2S/c1-18-5-7-22(8-6-18)29-16-20-14-23(30-17-20)24(28)27-11-9-26(10-12-27)15-19-3-2-4-21(25)13-19/h2-8,13-14,17H,9-12,15-16H2,1H3. The molecular formula is C24H25FN2O2S. The van der Waals surface area contributed by atoms with Crippen molar-refractivity contribution in [3.05, 3.63) is 87.4 Å². The van der Waals surface area contributed by atoms with Gasteiger partial charge in [-0.1, -0.05) is 29.8 Å². The lowest BCUT2D eigenvalue weighted by atomic mass is 10.2. The van der Waals surface area contributed by atoms with Crippen LogP contribution in [0.25, 0.3) is 0 Å². The van der Waals surface area contributed by atoms with Crippen LogP contribution in [0.1, 0.15) is 26.4 Å². The number of hydrogen-bond donors (Lipinski definition) is 0. The zero-order chi connectivity index (χ0) is 20.9. The van der Waals surface area contributed by atoms with Gasteiger partial charge in [0.2, 0.25) is 0 Å². The highest BCUT2D eigenvalue weighted by molar-refractivity contribution is 7.12. The van der Waals surface area contributed by atoms with Crippen molar-refractivity contribution in [1.29, 1.82) is 0 Å². The van der Waals surface area contributed by atoms with E-state index >= 15 is 0 Å². The van der Waals surface area contributed by atoms with Crippen LogP contribution in [0.4, 0.5) is 4.39 Å². The molecule has 1 aliphatic heterocycles. The highest BCUT2D eigenvalue weighted by atomic mass is 32.1. The number of aryl methyl sites for hydroxylation is 1. The molecule has 0 saturated carbocycles. The molecule has 6 heteroatoms. The van der Waals surface area contributed by atoms with E-state index in [4.69, 9.17) is 4.74 Å². The first-order valence-electron chi connectivity index (χ1n) is 10.1. The fourth-order valence-electron chi connectivity index (χ4n) is 3.52. The molecule has 1 amide bonds. The molecule has 1 saturated heterocycles. The van der Waals surface area contributed by atoms with Gasteiger partial charge in [0, 0.05) is 38.3 Å². The second-order valence-electron chi connectivity index (χ2n) is 7.62. The van der Waals surface area contributed by atoms with Gasteiger partial charge in [-0.05, 0) is 48.2 Å². The number of amides is 1. The Morgan fingerprint density at radius 3 is 2.53 bits per heavy atom. The van der Waals surface area contributed by atoms with E-state index in [1.165, 1.54) is 23.0 Å². The maximum atomic E-state index is 13.4. The lowest BCUT2D eigenvalue weighted by Crippen LogP contribution is -2.48. The molecule has 0 unspecified atom stereocenters. The van der Waals surface area contributed by atoms with E-state index in [9.17, 15) is 9.18 Å². The van der Waals surface area contributed by atoms with Crippen molar-refractivity contribution in [2.75, 3.05) is 26.2 Å². The number of rotatable bonds is 6. The second-order valence-corrected chi connectivity index (χ2v) is 8.53. The minimum atomic E-state index is -0.207. The Labute approximate surface area is 180 Å². The van der Waals surface area contributed by atoms with E-state index in [0.717, 1.165) is 34.8 Å². The van der Waals surface area contributed by atoms with Gasteiger partial charge < -0.3 is 9.64 Å². The van der Waals surface area contributed by atoms with Crippen molar-refractivity contribution >= 4 is 17.2 Å². The zero-order valence-corrected chi connectivity index (χ0v) is 17.8. The van der Waals surface area contributed by atoms with Crippen molar-refractivity contribution in [3.63, 3.8) is 0 Å². The van der Waals surface area contributed by atoms with Gasteiger partial charge in [-0.15, -0.1) is 11.3 Å². The molecule has 0 N–H and O–H groups in total. The molecule has 3 aromatic rings. The minimum absolute atomic E-state index is 0.0759. The third-order valence-electron chi connectivity index (χ3n) is 5.25. The van der Waals surface area contributed by atoms with Crippen LogP contribution in [0.2, 0.25) is 0 Å². The fraction of sp³-hybridized carbons (Fsp3) is 0.292. The van der Waals surface area contributed by atoms with Gasteiger partial charge in [-0.25, -0.2) is 4.39 Å². The highest BCUT2D eigenvalue weighted by Crippen LogP contribution is 2.21. The Kier molecular flexibility index (Phi) is 6.45. The lowest BCUT2D eigenvalue weighted by molar-refractivity contribution is 0.0633. The largest absolute Gasteiger partial charge is 0.489 e. The summed E-state index contributed by atoms with van der Waals surface area (Å²) in [4.78, 5) is 17.8. The predicted octanol–water partition coefficient (Wildman–Crippen LogP) is 4.73. The van der Waals surface area contributed by atoms with Crippen LogP contribution in [-0.4, -0.2) is 41.9 Å². The maximum Gasteiger partial charge on any atom is 0.264 e. The van der Waals surface area contributed by atoms with E-state index in [0.29, 0.717) is 26.2 Å². The molecule has 1 aliphatic rings. The monoisotopic (exact) mass is 424 g/mol. The molecule has 4 rings (SSSR count). The average molecular weight is 425 g/mol. The minimum Gasteiger partial charge on any atom is -0.489 e. The normalized spacial score (nSPS) is 14.7. The Morgan fingerprint density at radius 2 is 1.80 bits per heavy atom. The van der Waals surface area contributed by atoms with Gasteiger partial charge in [-0.3, -0.25) is 9.69 Å². The van der Waals surface area contributed by atoms with Gasteiger partial charge in [0.05, 0.1) is 4.88 Å². The van der Waals surface area contributed by atoms with Crippen molar-refractivity contribution in [2.24, 2.45) is 0 Å². The van der Waals surface area contributed by atoms with Crippen LogP contribution in [-0.2, 0) is 13.2 Å². The molecule has 0 atom stereocenters. The number of piperazine rings is 1. The molecular weight excluding hydrogens is 399 g/mol. The number of carbonyl (C=O) groups is 1. The molecule has 0 bridgehead atoms. The van der Waals surface area contributed by atoms with Crippen LogP contribution in [0.15, 0.2) is 60.0 Å². The SMILES string of the molecule is Cc1ccc(OCc2csc(C(=O)N3CCN(Cc4cccc(F)c4)CC3)c2)cc1. The Morgan fingerprint density at radius 1 is 1.03 bits per heavy atom. The summed E-state index contributed by atoms with van der Waals surface area (Å²) in [6.45, 7) is 6.14. The third kappa shape index (κ3) is 5.26. The first-order chi connectivity index (χ1) is 14.6. The van der Waals surface area contributed by atoms with Crippen molar-refractivity contribution < 1.29 is 13.9 Å². The topological polar surface area (TPSA) is 32.8 Å².